The summed E-state index contributed by atoms with van der Waals surface area (Å²) in [6.07, 6.45) is 1.20. The first-order chi connectivity index (χ1) is 14.0. The number of rotatable bonds is 3. The molecule has 0 bridgehead atoms. The van der Waals surface area contributed by atoms with E-state index in [-0.39, 0.29) is 5.56 Å². The Bertz CT molecular complexity index is 1490. The number of fused-ring (bicyclic) bond motifs is 3. The van der Waals surface area contributed by atoms with Crippen molar-refractivity contribution in [1.29, 1.82) is 0 Å². The molecule has 0 spiro atoms. The highest BCUT2D eigenvalue weighted by Gasteiger charge is 2.16. The van der Waals surface area contributed by atoms with Crippen molar-refractivity contribution >= 4 is 38.7 Å². The maximum absolute atomic E-state index is 12.2. The third kappa shape index (κ3) is 2.79. The van der Waals surface area contributed by atoms with E-state index in [2.05, 4.69) is 24.3 Å². The maximum Gasteiger partial charge on any atom is 0.340 e. The first kappa shape index (κ1) is 17.3. The van der Waals surface area contributed by atoms with Crippen LogP contribution in [-0.2, 0) is 11.2 Å². The molecule has 0 aliphatic rings. The van der Waals surface area contributed by atoms with Crippen molar-refractivity contribution in [3.05, 3.63) is 82.4 Å². The molecule has 142 valence electrons. The number of hydrogen-bond donors (Lipinski definition) is 0. The summed E-state index contributed by atoms with van der Waals surface area (Å²) >= 11 is 0. The van der Waals surface area contributed by atoms with Crippen LogP contribution in [0.3, 0.4) is 0 Å². The molecule has 5 heteroatoms. The molecule has 0 saturated carbocycles. The van der Waals surface area contributed by atoms with Gasteiger partial charge in [0.2, 0.25) is 0 Å². The number of carboxylic acid groups (broad SMARTS) is 1. The molecule has 0 atom stereocenters. The van der Waals surface area contributed by atoms with Crippen LogP contribution in [0.1, 0.15) is 11.1 Å². The summed E-state index contributed by atoms with van der Waals surface area (Å²) in [6, 6.07) is 17.9. The van der Waals surface area contributed by atoms with E-state index in [1.807, 2.05) is 24.3 Å². The second-order valence-electron chi connectivity index (χ2n) is 7.10. The van der Waals surface area contributed by atoms with Crippen LogP contribution in [0.4, 0.5) is 0 Å². The van der Waals surface area contributed by atoms with Crippen LogP contribution in [0.15, 0.2) is 74.5 Å². The van der Waals surface area contributed by atoms with E-state index in [1.165, 1.54) is 0 Å². The molecule has 0 radical (unpaired) electrons. The van der Waals surface area contributed by atoms with Gasteiger partial charge in [-0.1, -0.05) is 36.4 Å². The summed E-state index contributed by atoms with van der Waals surface area (Å²) in [7, 11) is 0. The fraction of sp³-hybridized carbons (Fsp3) is 0.0833. The standard InChI is InChI=1S/C24H16O5/c1-13-17-9-19-20(16-7-6-14-4-2-3-5-15(14)8-16)12-28-21(19)11-22(17)29-24(27)18(13)10-23(25)26/h2-9,11-12H,10H2,1H3,(H,25,26)/p-1. The number of carbonyl (C=O) groups excluding carboxylic acids is 1. The number of carboxylic acids is 1. The molecule has 2 heterocycles. The van der Waals surface area contributed by atoms with Crippen LogP contribution in [0.2, 0.25) is 0 Å². The minimum atomic E-state index is -1.32. The molecule has 2 aromatic heterocycles. The molecular weight excluding hydrogens is 368 g/mol. The summed E-state index contributed by atoms with van der Waals surface area (Å²) in [6.45, 7) is 1.72. The van der Waals surface area contributed by atoms with Gasteiger partial charge in [-0.2, -0.15) is 0 Å². The van der Waals surface area contributed by atoms with Crippen LogP contribution in [0, 0.1) is 6.92 Å². The van der Waals surface area contributed by atoms with Crippen LogP contribution < -0.4 is 10.7 Å². The average molecular weight is 383 g/mol. The number of benzene rings is 3. The Kier molecular flexibility index (Phi) is 3.77. The summed E-state index contributed by atoms with van der Waals surface area (Å²) in [5.41, 5.74) is 2.89. The Labute approximate surface area is 164 Å². The van der Waals surface area contributed by atoms with Gasteiger partial charge in [0.15, 0.2) is 0 Å². The highest BCUT2D eigenvalue weighted by atomic mass is 16.4. The highest BCUT2D eigenvalue weighted by molar-refractivity contribution is 6.03. The Balaban J connectivity index is 1.76. The number of carbonyl (C=O) groups is 1. The van der Waals surface area contributed by atoms with E-state index in [0.29, 0.717) is 22.1 Å². The molecule has 3 aromatic carbocycles. The van der Waals surface area contributed by atoms with Crippen LogP contribution in [-0.4, -0.2) is 5.97 Å². The molecule has 5 rings (SSSR count). The van der Waals surface area contributed by atoms with Gasteiger partial charge >= 0.3 is 5.63 Å². The van der Waals surface area contributed by atoms with Crippen molar-refractivity contribution < 1.29 is 18.7 Å². The molecule has 5 nitrogen and oxygen atoms in total. The van der Waals surface area contributed by atoms with Gasteiger partial charge < -0.3 is 18.7 Å². The van der Waals surface area contributed by atoms with E-state index in [9.17, 15) is 14.7 Å². The second-order valence-corrected chi connectivity index (χ2v) is 7.10. The number of furan rings is 1. The lowest BCUT2D eigenvalue weighted by Gasteiger charge is -2.09. The van der Waals surface area contributed by atoms with Crippen molar-refractivity contribution in [3.8, 4) is 11.1 Å². The molecule has 5 aromatic rings. The quantitative estimate of drug-likeness (QED) is 0.440. The third-order valence-electron chi connectivity index (χ3n) is 5.36. The molecule has 0 unspecified atom stereocenters. The van der Waals surface area contributed by atoms with Gasteiger partial charge in [-0.3, -0.25) is 0 Å². The molecular formula is C24H15O5-. The monoisotopic (exact) mass is 383 g/mol. The number of aliphatic carboxylic acids is 1. The molecule has 29 heavy (non-hydrogen) atoms. The Morgan fingerprint density at radius 2 is 1.76 bits per heavy atom. The molecule has 0 aliphatic carbocycles. The van der Waals surface area contributed by atoms with E-state index in [1.54, 1.807) is 19.3 Å². The van der Waals surface area contributed by atoms with Crippen molar-refractivity contribution in [3.63, 3.8) is 0 Å². The molecule has 0 aliphatic heterocycles. The summed E-state index contributed by atoms with van der Waals surface area (Å²) < 4.78 is 11.1. The lowest BCUT2D eigenvalue weighted by Crippen LogP contribution is -2.27. The van der Waals surface area contributed by atoms with E-state index in [4.69, 9.17) is 8.83 Å². The van der Waals surface area contributed by atoms with Crippen molar-refractivity contribution in [2.75, 3.05) is 0 Å². The molecule has 0 saturated heterocycles. The van der Waals surface area contributed by atoms with Gasteiger partial charge in [-0.05, 0) is 41.0 Å². The second kappa shape index (κ2) is 6.34. The van der Waals surface area contributed by atoms with Crippen molar-refractivity contribution in [2.24, 2.45) is 0 Å². The van der Waals surface area contributed by atoms with Crippen LogP contribution >= 0.6 is 0 Å². The van der Waals surface area contributed by atoms with Crippen LogP contribution in [0.5, 0.6) is 0 Å². The van der Waals surface area contributed by atoms with Gasteiger partial charge in [0.05, 0.1) is 6.26 Å². The predicted octanol–water partition coefficient (Wildman–Crippen LogP) is 3.96. The largest absolute Gasteiger partial charge is 0.550 e. The number of hydrogen-bond acceptors (Lipinski definition) is 5. The number of aryl methyl sites for hydroxylation is 1. The Hall–Kier alpha value is -3.86. The van der Waals surface area contributed by atoms with Gasteiger partial charge in [0.1, 0.15) is 11.2 Å². The Morgan fingerprint density at radius 3 is 2.55 bits per heavy atom. The minimum Gasteiger partial charge on any atom is -0.550 e. The molecule has 0 N–H and O–H groups in total. The zero-order valence-electron chi connectivity index (χ0n) is 15.5. The van der Waals surface area contributed by atoms with E-state index < -0.39 is 18.0 Å². The fourth-order valence-corrected chi connectivity index (χ4v) is 3.84. The van der Waals surface area contributed by atoms with Gasteiger partial charge in [-0.15, -0.1) is 0 Å². The normalized spacial score (nSPS) is 11.5. The SMILES string of the molecule is Cc1c(CC(=O)[O-])c(=O)oc2cc3occ(-c4ccc5ccccc5c4)c3cc12. The summed E-state index contributed by atoms with van der Waals surface area (Å²) in [4.78, 5) is 23.2. The van der Waals surface area contributed by atoms with Gasteiger partial charge in [-0.25, -0.2) is 4.79 Å². The first-order valence-corrected chi connectivity index (χ1v) is 9.18. The van der Waals surface area contributed by atoms with Crippen molar-refractivity contribution in [2.45, 2.75) is 13.3 Å². The summed E-state index contributed by atoms with van der Waals surface area (Å²) in [5, 5.41) is 14.8. The first-order valence-electron chi connectivity index (χ1n) is 9.18. The zero-order valence-corrected chi connectivity index (χ0v) is 15.5. The lowest BCUT2D eigenvalue weighted by atomic mass is 9.98. The average Bonchev–Trinajstić information content (AvgIpc) is 3.12. The predicted molar refractivity (Wildman–Crippen MR) is 109 cm³/mol. The maximum atomic E-state index is 12.2. The van der Waals surface area contributed by atoms with Gasteiger partial charge in [0.25, 0.3) is 0 Å². The lowest BCUT2D eigenvalue weighted by molar-refractivity contribution is -0.304. The fourth-order valence-electron chi connectivity index (χ4n) is 3.84. The summed E-state index contributed by atoms with van der Waals surface area (Å²) in [5.74, 6) is -1.32. The van der Waals surface area contributed by atoms with Gasteiger partial charge in [0, 0.05) is 40.4 Å². The van der Waals surface area contributed by atoms with Crippen molar-refractivity contribution in [1.82, 2.24) is 0 Å². The van der Waals surface area contributed by atoms with E-state index >= 15 is 0 Å². The third-order valence-corrected chi connectivity index (χ3v) is 5.36. The smallest absolute Gasteiger partial charge is 0.340 e. The topological polar surface area (TPSA) is 83.5 Å². The molecule has 0 amide bonds. The van der Waals surface area contributed by atoms with E-state index in [0.717, 1.165) is 27.3 Å². The highest BCUT2D eigenvalue weighted by Crippen LogP contribution is 2.35. The minimum absolute atomic E-state index is 0.104. The molecule has 0 fully saturated rings. The van der Waals surface area contributed by atoms with Crippen LogP contribution in [0.25, 0.3) is 43.8 Å². The zero-order chi connectivity index (χ0) is 20.1. The Morgan fingerprint density at radius 1 is 0.966 bits per heavy atom.